The van der Waals surface area contributed by atoms with Crippen LogP contribution in [0.4, 0.5) is 9.59 Å². The van der Waals surface area contributed by atoms with E-state index < -0.39 is 79.7 Å². The summed E-state index contributed by atoms with van der Waals surface area (Å²) in [6, 6.07) is 1.67. The first-order chi connectivity index (χ1) is 26.1. The third-order valence-electron chi connectivity index (χ3n) is 11.5. The Balaban J connectivity index is 1.12. The minimum atomic E-state index is -3.62. The number of amides is 3. The van der Waals surface area contributed by atoms with E-state index in [0.717, 1.165) is 36.8 Å². The number of benzene rings is 1. The Labute approximate surface area is 322 Å². The van der Waals surface area contributed by atoms with Crippen molar-refractivity contribution in [1.82, 2.24) is 15.1 Å². The second-order valence-electron chi connectivity index (χ2n) is 17.0. The number of ether oxygens (including phenoxy) is 4. The standard InChI is InChI=1S/C40H53N3O11S/c1-39(2,3)54-37(47)41-30-11-8-6-4-5-7-10-26-19-40(26,34(45)24-55(49,50)28-13-14-28)20-32(44)31-18-27(22-43(31)36(30)46)53-38(48)42-21-25-12-15-33-35(29(25)23-42)52-17-9-16-51-33/h7,10,12,15,26-28,30-31H,4-6,8-9,11,13-14,16-24H2,1-3H3,(H,41,47)/b10-7-/t26-,27-,30+,31+,40-/m1/s1. The predicted molar refractivity (Wildman–Crippen MR) is 199 cm³/mol. The number of fused-ring (bicyclic) bond motifs is 5. The zero-order valence-electron chi connectivity index (χ0n) is 32.0. The van der Waals surface area contributed by atoms with Crippen LogP contribution in [0.15, 0.2) is 24.3 Å². The zero-order valence-corrected chi connectivity index (χ0v) is 32.8. The Morgan fingerprint density at radius 3 is 2.55 bits per heavy atom. The van der Waals surface area contributed by atoms with Gasteiger partial charge in [0.05, 0.1) is 37.6 Å². The van der Waals surface area contributed by atoms with Gasteiger partial charge in [0.25, 0.3) is 0 Å². The molecule has 4 heterocycles. The molecule has 1 saturated heterocycles. The van der Waals surface area contributed by atoms with Crippen molar-refractivity contribution in [3.05, 3.63) is 35.4 Å². The lowest BCUT2D eigenvalue weighted by molar-refractivity contribution is -0.140. The van der Waals surface area contributed by atoms with Gasteiger partial charge < -0.3 is 29.2 Å². The third kappa shape index (κ3) is 8.81. The van der Waals surface area contributed by atoms with E-state index in [-0.39, 0.29) is 38.4 Å². The fourth-order valence-electron chi connectivity index (χ4n) is 8.35. The molecule has 3 amide bonds. The number of sulfone groups is 1. The van der Waals surface area contributed by atoms with E-state index in [9.17, 15) is 32.4 Å². The van der Waals surface area contributed by atoms with Crippen LogP contribution in [0.5, 0.6) is 11.5 Å². The van der Waals surface area contributed by atoms with Crippen molar-refractivity contribution in [2.45, 2.75) is 134 Å². The van der Waals surface area contributed by atoms with Gasteiger partial charge in [-0.2, -0.15) is 0 Å². The van der Waals surface area contributed by atoms with Crippen molar-refractivity contribution in [3.8, 4) is 11.5 Å². The molecule has 1 N–H and O–H groups in total. The summed E-state index contributed by atoms with van der Waals surface area (Å²) in [7, 11) is -3.62. The molecule has 6 aliphatic rings. The Bertz CT molecular complexity index is 1850. The lowest BCUT2D eigenvalue weighted by Crippen LogP contribution is -2.53. The van der Waals surface area contributed by atoms with Crippen molar-refractivity contribution < 1.29 is 51.3 Å². The molecule has 0 aromatic heterocycles. The average molecular weight is 784 g/mol. The summed E-state index contributed by atoms with van der Waals surface area (Å²) < 4.78 is 49.2. The molecule has 1 aromatic carbocycles. The van der Waals surface area contributed by atoms with Gasteiger partial charge >= 0.3 is 12.2 Å². The number of carbonyl (C=O) groups excluding carboxylic acids is 5. The van der Waals surface area contributed by atoms with E-state index in [1.165, 1.54) is 4.90 Å². The maximum Gasteiger partial charge on any atom is 0.410 e. The number of carbonyl (C=O) groups is 5. The highest BCUT2D eigenvalue weighted by atomic mass is 32.2. The smallest absolute Gasteiger partial charge is 0.410 e. The van der Waals surface area contributed by atoms with Crippen molar-refractivity contribution in [2.75, 3.05) is 25.5 Å². The quantitative estimate of drug-likeness (QED) is 0.393. The van der Waals surface area contributed by atoms with Crippen LogP contribution in [-0.4, -0.2) is 102 Å². The van der Waals surface area contributed by atoms with E-state index in [0.29, 0.717) is 56.8 Å². The summed E-state index contributed by atoms with van der Waals surface area (Å²) in [5.74, 6) is -1.01. The summed E-state index contributed by atoms with van der Waals surface area (Å²) in [5, 5.41) is 2.22. The fraction of sp³-hybridized carbons (Fsp3) is 0.675. The summed E-state index contributed by atoms with van der Waals surface area (Å²) >= 11 is 0. The molecule has 5 atom stereocenters. The molecule has 4 aliphatic heterocycles. The number of nitrogens with one attached hydrogen (secondary N) is 1. The number of allylic oxidation sites excluding steroid dienone is 2. The largest absolute Gasteiger partial charge is 0.490 e. The number of hydrogen-bond acceptors (Lipinski definition) is 11. The summed E-state index contributed by atoms with van der Waals surface area (Å²) in [4.78, 5) is 72.4. The minimum Gasteiger partial charge on any atom is -0.490 e. The highest BCUT2D eigenvalue weighted by Crippen LogP contribution is 2.58. The number of alkyl carbamates (subject to hydrolysis) is 1. The van der Waals surface area contributed by atoms with E-state index in [2.05, 4.69) is 5.32 Å². The van der Waals surface area contributed by atoms with Gasteiger partial charge in [-0.25, -0.2) is 18.0 Å². The molecule has 0 radical (unpaired) electrons. The molecular formula is C40H53N3O11S. The first kappa shape index (κ1) is 39.1. The predicted octanol–water partition coefficient (Wildman–Crippen LogP) is 4.80. The summed E-state index contributed by atoms with van der Waals surface area (Å²) in [6.45, 7) is 6.63. The number of Topliss-reactive ketones (excluding diaryl/α,β-unsaturated/α-hetero) is 2. The van der Waals surface area contributed by atoms with Crippen molar-refractivity contribution >= 4 is 39.5 Å². The van der Waals surface area contributed by atoms with Gasteiger partial charge in [-0.15, -0.1) is 0 Å². The van der Waals surface area contributed by atoms with Crippen LogP contribution in [0.1, 0.15) is 103 Å². The number of nitrogens with zero attached hydrogens (tertiary/aromatic N) is 2. The van der Waals surface area contributed by atoms with E-state index >= 15 is 0 Å². The second kappa shape index (κ2) is 15.4. The van der Waals surface area contributed by atoms with Crippen LogP contribution in [0.3, 0.4) is 0 Å². The lowest BCUT2D eigenvalue weighted by atomic mass is 9.88. The van der Waals surface area contributed by atoms with Crippen molar-refractivity contribution in [3.63, 3.8) is 0 Å². The molecule has 0 spiro atoms. The van der Waals surface area contributed by atoms with Crippen LogP contribution in [0.25, 0.3) is 0 Å². The molecule has 14 nitrogen and oxygen atoms in total. The molecular weight excluding hydrogens is 731 g/mol. The second-order valence-corrected chi connectivity index (χ2v) is 19.3. The Morgan fingerprint density at radius 2 is 1.78 bits per heavy atom. The van der Waals surface area contributed by atoms with Gasteiger partial charge in [0, 0.05) is 36.8 Å². The minimum absolute atomic E-state index is 0.00619. The Hall–Kier alpha value is -4.14. The zero-order chi connectivity index (χ0) is 39.1. The van der Waals surface area contributed by atoms with E-state index in [1.807, 2.05) is 24.3 Å². The fourth-order valence-corrected chi connectivity index (χ4v) is 10.1. The van der Waals surface area contributed by atoms with Gasteiger partial charge in [-0.1, -0.05) is 31.1 Å². The highest BCUT2D eigenvalue weighted by Gasteiger charge is 2.61. The maximum atomic E-state index is 14.5. The van der Waals surface area contributed by atoms with Crippen LogP contribution < -0.4 is 14.8 Å². The highest BCUT2D eigenvalue weighted by molar-refractivity contribution is 7.93. The van der Waals surface area contributed by atoms with Crippen molar-refractivity contribution in [1.29, 1.82) is 0 Å². The molecule has 300 valence electrons. The van der Waals surface area contributed by atoms with Gasteiger partial charge in [0.15, 0.2) is 32.9 Å². The number of hydrogen-bond donors (Lipinski definition) is 1. The first-order valence-corrected chi connectivity index (χ1v) is 21.5. The molecule has 1 aromatic rings. The van der Waals surface area contributed by atoms with Crippen LogP contribution in [-0.2, 0) is 46.8 Å². The number of ketones is 2. The van der Waals surface area contributed by atoms with Crippen LogP contribution >= 0.6 is 0 Å². The van der Waals surface area contributed by atoms with Crippen LogP contribution in [0.2, 0.25) is 0 Å². The molecule has 7 rings (SSSR count). The Morgan fingerprint density at radius 1 is 1.00 bits per heavy atom. The molecule has 55 heavy (non-hydrogen) atoms. The van der Waals surface area contributed by atoms with Crippen molar-refractivity contribution in [2.24, 2.45) is 11.3 Å². The summed E-state index contributed by atoms with van der Waals surface area (Å²) in [6.07, 6.45) is 6.83. The number of rotatable bonds is 6. The molecule has 0 unspecified atom stereocenters. The molecule has 2 aliphatic carbocycles. The first-order valence-electron chi connectivity index (χ1n) is 19.7. The van der Waals surface area contributed by atoms with Gasteiger partial charge in [-0.05, 0) is 76.8 Å². The normalized spacial score (nSPS) is 29.1. The molecule has 15 heteroatoms. The topological polar surface area (TPSA) is 175 Å². The van der Waals surface area contributed by atoms with Gasteiger partial charge in [0.2, 0.25) is 5.91 Å². The van der Waals surface area contributed by atoms with Gasteiger partial charge in [-0.3, -0.25) is 19.3 Å². The average Bonchev–Trinajstić information content (AvgIpc) is 4.02. The SMILES string of the molecule is CC(C)(C)OC(=O)N[C@H]1CCCCC/C=C\[C@@H]2C[C@@]2(C(=O)CS(=O)(=O)C2CC2)CC(=O)[C@@H]2C[C@@H](OC(=O)N3Cc4ccc5c(c4C3)OCCCO5)CN2C1=O. The summed E-state index contributed by atoms with van der Waals surface area (Å²) in [5.41, 5.74) is -0.234. The van der Waals surface area contributed by atoms with E-state index in [1.54, 1.807) is 25.7 Å². The molecule has 2 saturated carbocycles. The van der Waals surface area contributed by atoms with Gasteiger partial charge in [0.1, 0.15) is 23.5 Å². The van der Waals surface area contributed by atoms with E-state index in [4.69, 9.17) is 18.9 Å². The molecule has 3 fully saturated rings. The Kier molecular flexibility index (Phi) is 11.0. The monoisotopic (exact) mass is 783 g/mol. The third-order valence-corrected chi connectivity index (χ3v) is 13.7. The maximum absolute atomic E-state index is 14.5. The lowest BCUT2D eigenvalue weighted by Gasteiger charge is -2.30. The van der Waals surface area contributed by atoms with Crippen LogP contribution in [0, 0.1) is 11.3 Å². The molecule has 0 bridgehead atoms.